The van der Waals surface area contributed by atoms with Crippen molar-refractivity contribution in [3.05, 3.63) is 0 Å². The molecule has 0 spiro atoms. The van der Waals surface area contributed by atoms with Crippen LogP contribution in [0.4, 0.5) is 0 Å². The van der Waals surface area contributed by atoms with Gasteiger partial charge in [0.05, 0.1) is 6.61 Å². The highest BCUT2D eigenvalue weighted by Gasteiger charge is 2.23. The van der Waals surface area contributed by atoms with E-state index in [-0.39, 0.29) is 17.9 Å². The number of rotatable bonds is 5. The highest BCUT2D eigenvalue weighted by atomic mass is 16.5. The Morgan fingerprint density at radius 3 is 2.15 bits per heavy atom. The number of hydrogen-bond donors (Lipinski definition) is 1. The van der Waals surface area contributed by atoms with Crippen molar-refractivity contribution in [1.82, 2.24) is 5.32 Å². The van der Waals surface area contributed by atoms with Gasteiger partial charge in [-0.1, -0.05) is 27.7 Å². The molecular formula is C10H21NO2. The van der Waals surface area contributed by atoms with Gasteiger partial charge in [-0.3, -0.25) is 4.79 Å². The summed E-state index contributed by atoms with van der Waals surface area (Å²) in [7, 11) is 0. The van der Waals surface area contributed by atoms with Gasteiger partial charge in [-0.05, 0) is 12.8 Å². The molecule has 0 aromatic carbocycles. The lowest BCUT2D eigenvalue weighted by Gasteiger charge is -2.22. The molecular weight excluding hydrogens is 166 g/mol. The topological polar surface area (TPSA) is 38.3 Å². The highest BCUT2D eigenvalue weighted by Crippen LogP contribution is 2.04. The van der Waals surface area contributed by atoms with E-state index < -0.39 is 0 Å². The number of carbonyl (C=O) groups is 1. The van der Waals surface area contributed by atoms with Crippen LogP contribution < -0.4 is 5.32 Å². The summed E-state index contributed by atoms with van der Waals surface area (Å²) in [4.78, 5) is 11.4. The maximum Gasteiger partial charge on any atom is 0.323 e. The Bertz CT molecular complexity index is 155. The van der Waals surface area contributed by atoms with Gasteiger partial charge in [-0.15, -0.1) is 0 Å². The first-order chi connectivity index (χ1) is 5.99. The zero-order chi connectivity index (χ0) is 10.4. The minimum atomic E-state index is -0.181. The van der Waals surface area contributed by atoms with Gasteiger partial charge in [-0.25, -0.2) is 0 Å². The van der Waals surface area contributed by atoms with E-state index >= 15 is 0 Å². The van der Waals surface area contributed by atoms with Crippen molar-refractivity contribution < 1.29 is 9.53 Å². The van der Waals surface area contributed by atoms with Crippen LogP contribution >= 0.6 is 0 Å². The van der Waals surface area contributed by atoms with Crippen molar-refractivity contribution in [2.45, 2.75) is 46.7 Å². The second-order valence-electron chi connectivity index (χ2n) is 3.80. The predicted molar refractivity (Wildman–Crippen MR) is 53.5 cm³/mol. The molecule has 3 nitrogen and oxygen atoms in total. The van der Waals surface area contributed by atoms with Crippen LogP contribution in [0.3, 0.4) is 0 Å². The molecule has 0 saturated carbocycles. The van der Waals surface area contributed by atoms with Crippen LogP contribution in [0.5, 0.6) is 0 Å². The molecule has 0 amide bonds. The standard InChI is InChI=1S/C10H21NO2/c1-6-13-10(12)9(7(2)3)11-8(4)5/h7-9,11H,6H2,1-5H3. The van der Waals surface area contributed by atoms with Gasteiger partial charge in [0.25, 0.3) is 0 Å². The van der Waals surface area contributed by atoms with Gasteiger partial charge in [-0.2, -0.15) is 0 Å². The van der Waals surface area contributed by atoms with Crippen molar-refractivity contribution in [3.63, 3.8) is 0 Å². The smallest absolute Gasteiger partial charge is 0.323 e. The monoisotopic (exact) mass is 187 g/mol. The van der Waals surface area contributed by atoms with E-state index in [2.05, 4.69) is 5.32 Å². The first kappa shape index (κ1) is 12.4. The second kappa shape index (κ2) is 5.97. The molecule has 0 radical (unpaired) electrons. The van der Waals surface area contributed by atoms with Crippen molar-refractivity contribution in [1.29, 1.82) is 0 Å². The minimum absolute atomic E-state index is 0.147. The number of hydrogen-bond acceptors (Lipinski definition) is 3. The van der Waals surface area contributed by atoms with E-state index in [1.54, 1.807) is 0 Å². The molecule has 0 aliphatic carbocycles. The Morgan fingerprint density at radius 2 is 1.85 bits per heavy atom. The zero-order valence-electron chi connectivity index (χ0n) is 9.26. The Balaban J connectivity index is 4.15. The Kier molecular flexibility index (Phi) is 5.71. The summed E-state index contributed by atoms with van der Waals surface area (Å²) in [6, 6.07) is 0.122. The van der Waals surface area contributed by atoms with Gasteiger partial charge in [0.2, 0.25) is 0 Å². The summed E-state index contributed by atoms with van der Waals surface area (Å²) in [6.07, 6.45) is 0. The lowest BCUT2D eigenvalue weighted by Crippen LogP contribution is -2.45. The summed E-state index contributed by atoms with van der Waals surface area (Å²) in [5.74, 6) is 0.118. The lowest BCUT2D eigenvalue weighted by molar-refractivity contribution is -0.147. The zero-order valence-corrected chi connectivity index (χ0v) is 9.26. The fourth-order valence-corrected chi connectivity index (χ4v) is 1.12. The summed E-state index contributed by atoms with van der Waals surface area (Å²) < 4.78 is 4.96. The van der Waals surface area contributed by atoms with Crippen molar-refractivity contribution in [2.75, 3.05) is 6.61 Å². The van der Waals surface area contributed by atoms with Gasteiger partial charge >= 0.3 is 5.97 Å². The first-order valence-electron chi connectivity index (χ1n) is 4.91. The van der Waals surface area contributed by atoms with Crippen LogP contribution in [0.2, 0.25) is 0 Å². The van der Waals surface area contributed by atoms with E-state index in [1.807, 2.05) is 34.6 Å². The predicted octanol–water partition coefficient (Wildman–Crippen LogP) is 1.57. The van der Waals surface area contributed by atoms with Crippen LogP contribution in [0.15, 0.2) is 0 Å². The fraction of sp³-hybridized carbons (Fsp3) is 0.900. The molecule has 1 unspecified atom stereocenters. The molecule has 0 aliphatic rings. The second-order valence-corrected chi connectivity index (χ2v) is 3.80. The van der Waals surface area contributed by atoms with E-state index in [0.717, 1.165) is 0 Å². The van der Waals surface area contributed by atoms with Gasteiger partial charge in [0.15, 0.2) is 0 Å². The van der Waals surface area contributed by atoms with Crippen molar-refractivity contribution in [3.8, 4) is 0 Å². The average Bonchev–Trinajstić information content (AvgIpc) is 1.99. The van der Waals surface area contributed by atoms with Gasteiger partial charge in [0.1, 0.15) is 6.04 Å². The summed E-state index contributed by atoms with van der Waals surface area (Å²) >= 11 is 0. The molecule has 0 bridgehead atoms. The lowest BCUT2D eigenvalue weighted by atomic mass is 10.0. The van der Waals surface area contributed by atoms with Gasteiger partial charge in [0, 0.05) is 6.04 Å². The number of ether oxygens (including phenoxy) is 1. The molecule has 78 valence electrons. The van der Waals surface area contributed by atoms with Crippen LogP contribution in [0.1, 0.15) is 34.6 Å². The molecule has 1 atom stereocenters. The third-order valence-corrected chi connectivity index (χ3v) is 1.72. The number of nitrogens with one attached hydrogen (secondary N) is 1. The van der Waals surface area contributed by atoms with Crippen LogP contribution in [-0.2, 0) is 9.53 Å². The summed E-state index contributed by atoms with van der Waals surface area (Å²) in [6.45, 7) is 10.3. The Hall–Kier alpha value is -0.570. The molecule has 0 heterocycles. The molecule has 0 saturated heterocycles. The third kappa shape index (κ3) is 4.88. The average molecular weight is 187 g/mol. The van der Waals surface area contributed by atoms with E-state index in [0.29, 0.717) is 12.6 Å². The van der Waals surface area contributed by atoms with Crippen LogP contribution in [-0.4, -0.2) is 24.7 Å². The van der Waals surface area contributed by atoms with Crippen molar-refractivity contribution >= 4 is 5.97 Å². The molecule has 0 aromatic rings. The Morgan fingerprint density at radius 1 is 1.31 bits per heavy atom. The quantitative estimate of drug-likeness (QED) is 0.664. The third-order valence-electron chi connectivity index (χ3n) is 1.72. The minimum Gasteiger partial charge on any atom is -0.465 e. The first-order valence-corrected chi connectivity index (χ1v) is 4.91. The fourth-order valence-electron chi connectivity index (χ4n) is 1.12. The maximum absolute atomic E-state index is 11.4. The van der Waals surface area contributed by atoms with Crippen molar-refractivity contribution in [2.24, 2.45) is 5.92 Å². The number of carbonyl (C=O) groups excluding carboxylic acids is 1. The molecule has 0 aromatic heterocycles. The molecule has 0 aliphatic heterocycles. The highest BCUT2D eigenvalue weighted by molar-refractivity contribution is 5.76. The molecule has 13 heavy (non-hydrogen) atoms. The molecule has 3 heteroatoms. The summed E-state index contributed by atoms with van der Waals surface area (Å²) in [5, 5.41) is 3.19. The van der Waals surface area contributed by atoms with E-state index in [4.69, 9.17) is 4.74 Å². The SMILES string of the molecule is CCOC(=O)C(NC(C)C)C(C)C. The molecule has 0 fully saturated rings. The Labute approximate surface area is 80.8 Å². The number of esters is 1. The van der Waals surface area contributed by atoms with E-state index in [1.165, 1.54) is 0 Å². The summed E-state index contributed by atoms with van der Waals surface area (Å²) in [5.41, 5.74) is 0. The molecule has 0 rings (SSSR count). The molecule has 1 N–H and O–H groups in total. The van der Waals surface area contributed by atoms with Crippen LogP contribution in [0, 0.1) is 5.92 Å². The normalized spacial score (nSPS) is 13.5. The van der Waals surface area contributed by atoms with Gasteiger partial charge < -0.3 is 10.1 Å². The van der Waals surface area contributed by atoms with E-state index in [9.17, 15) is 4.79 Å². The van der Waals surface area contributed by atoms with Crippen LogP contribution in [0.25, 0.3) is 0 Å². The maximum atomic E-state index is 11.4. The largest absolute Gasteiger partial charge is 0.465 e.